The van der Waals surface area contributed by atoms with Crippen LogP contribution in [0.4, 0.5) is 0 Å². The topological polar surface area (TPSA) is 9.23 Å². The van der Waals surface area contributed by atoms with Crippen LogP contribution in [0.1, 0.15) is 58.2 Å². The molecule has 2 aromatic rings. The van der Waals surface area contributed by atoms with Gasteiger partial charge in [0.2, 0.25) is 8.32 Å². The van der Waals surface area contributed by atoms with Gasteiger partial charge in [-0.2, -0.15) is 0 Å². The van der Waals surface area contributed by atoms with Gasteiger partial charge in [0.05, 0.1) is 0 Å². The molecule has 0 amide bonds. The van der Waals surface area contributed by atoms with Crippen molar-refractivity contribution in [2.75, 3.05) is 0 Å². The summed E-state index contributed by atoms with van der Waals surface area (Å²) in [7, 11) is -1.79. The van der Waals surface area contributed by atoms with Crippen molar-refractivity contribution in [2.24, 2.45) is 0 Å². The monoisotopic (exact) mass is 364 g/mol. The van der Waals surface area contributed by atoms with Gasteiger partial charge in [-0.25, -0.2) is 0 Å². The highest BCUT2D eigenvalue weighted by Gasteiger charge is 2.38. The minimum atomic E-state index is -1.79. The third-order valence-electron chi connectivity index (χ3n) is 5.14. The molecule has 0 saturated carbocycles. The Bertz CT molecular complexity index is 789. The Morgan fingerprint density at radius 3 is 1.50 bits per heavy atom. The minimum Gasteiger partial charge on any atom is -0.544 e. The third kappa shape index (κ3) is 5.26. The zero-order valence-electron chi connectivity index (χ0n) is 17.5. The van der Waals surface area contributed by atoms with Crippen molar-refractivity contribution in [3.05, 3.63) is 65.2 Å². The standard InChI is InChI=1S/C24H32OSi/c1-23(2,3)21-15-11-19(12-16-21)9-10-20-13-17-22(18-14-20)25-26(7,8)24(4,5)6/h11-18H,1-8H3. The van der Waals surface area contributed by atoms with Crippen LogP contribution < -0.4 is 4.43 Å². The van der Waals surface area contributed by atoms with E-state index >= 15 is 0 Å². The van der Waals surface area contributed by atoms with Crippen molar-refractivity contribution in [3.63, 3.8) is 0 Å². The summed E-state index contributed by atoms with van der Waals surface area (Å²) in [6.07, 6.45) is 0. The summed E-state index contributed by atoms with van der Waals surface area (Å²) < 4.78 is 6.32. The van der Waals surface area contributed by atoms with Crippen LogP contribution in [0.5, 0.6) is 5.75 Å². The molecule has 26 heavy (non-hydrogen) atoms. The minimum absolute atomic E-state index is 0.173. The second-order valence-corrected chi connectivity index (χ2v) is 14.2. The van der Waals surface area contributed by atoms with E-state index in [-0.39, 0.29) is 10.5 Å². The van der Waals surface area contributed by atoms with E-state index in [9.17, 15) is 0 Å². The van der Waals surface area contributed by atoms with Crippen molar-refractivity contribution in [1.29, 1.82) is 0 Å². The lowest BCUT2D eigenvalue weighted by molar-refractivity contribution is 0.492. The molecule has 0 aromatic heterocycles. The highest BCUT2D eigenvalue weighted by atomic mass is 28.4. The van der Waals surface area contributed by atoms with Gasteiger partial charge in [-0.15, -0.1) is 0 Å². The van der Waals surface area contributed by atoms with Gasteiger partial charge in [0.25, 0.3) is 0 Å². The van der Waals surface area contributed by atoms with E-state index < -0.39 is 8.32 Å². The SMILES string of the molecule is CC(C)(C)c1ccc(C#Cc2ccc(O[Si](C)(C)C(C)(C)C)cc2)cc1. The van der Waals surface area contributed by atoms with Crippen LogP contribution in [0.2, 0.25) is 18.1 Å². The maximum Gasteiger partial charge on any atom is 0.250 e. The van der Waals surface area contributed by atoms with E-state index in [0.29, 0.717) is 0 Å². The van der Waals surface area contributed by atoms with Gasteiger partial charge in [-0.3, -0.25) is 0 Å². The van der Waals surface area contributed by atoms with E-state index in [0.717, 1.165) is 16.9 Å². The molecule has 0 bridgehead atoms. The lowest BCUT2D eigenvalue weighted by Crippen LogP contribution is -2.43. The first kappa shape index (κ1) is 20.3. The van der Waals surface area contributed by atoms with Crippen molar-refractivity contribution in [2.45, 2.75) is 65.1 Å². The van der Waals surface area contributed by atoms with E-state index in [1.165, 1.54) is 5.56 Å². The highest BCUT2D eigenvalue weighted by molar-refractivity contribution is 6.74. The summed E-state index contributed by atoms with van der Waals surface area (Å²) in [4.78, 5) is 0. The molecule has 0 radical (unpaired) electrons. The maximum absolute atomic E-state index is 6.32. The number of benzene rings is 2. The molecule has 0 aliphatic rings. The van der Waals surface area contributed by atoms with E-state index in [1.807, 2.05) is 24.3 Å². The van der Waals surface area contributed by atoms with Crippen molar-refractivity contribution in [3.8, 4) is 17.6 Å². The predicted octanol–water partition coefficient (Wildman–Crippen LogP) is 6.77. The number of hydrogen-bond acceptors (Lipinski definition) is 1. The second kappa shape index (κ2) is 7.33. The van der Waals surface area contributed by atoms with Gasteiger partial charge >= 0.3 is 0 Å². The fraction of sp³-hybridized carbons (Fsp3) is 0.417. The van der Waals surface area contributed by atoms with Crippen LogP contribution in [-0.4, -0.2) is 8.32 Å². The quantitative estimate of drug-likeness (QED) is 0.422. The summed E-state index contributed by atoms with van der Waals surface area (Å²) in [6, 6.07) is 16.7. The molecule has 0 heterocycles. The Balaban J connectivity index is 2.10. The average Bonchev–Trinajstić information content (AvgIpc) is 2.52. The van der Waals surface area contributed by atoms with Crippen LogP contribution in [0.15, 0.2) is 48.5 Å². The fourth-order valence-corrected chi connectivity index (χ4v) is 3.28. The number of hydrogen-bond donors (Lipinski definition) is 0. The van der Waals surface area contributed by atoms with Crippen molar-refractivity contribution >= 4 is 8.32 Å². The lowest BCUT2D eigenvalue weighted by atomic mass is 9.87. The third-order valence-corrected chi connectivity index (χ3v) is 9.49. The van der Waals surface area contributed by atoms with Gasteiger partial charge < -0.3 is 4.43 Å². The Labute approximate surface area is 160 Å². The first-order chi connectivity index (χ1) is 11.9. The zero-order valence-corrected chi connectivity index (χ0v) is 18.5. The molecule has 138 valence electrons. The summed E-state index contributed by atoms with van der Waals surface area (Å²) in [5, 5.41) is 0.199. The van der Waals surface area contributed by atoms with Gasteiger partial charge in [0.1, 0.15) is 5.75 Å². The molecular formula is C24H32OSi. The maximum atomic E-state index is 6.32. The van der Waals surface area contributed by atoms with E-state index in [2.05, 4.69) is 90.7 Å². The largest absolute Gasteiger partial charge is 0.544 e. The second-order valence-electron chi connectivity index (χ2n) is 9.46. The molecule has 0 fully saturated rings. The Morgan fingerprint density at radius 2 is 1.12 bits per heavy atom. The smallest absolute Gasteiger partial charge is 0.250 e. The molecule has 2 heteroatoms. The molecule has 0 unspecified atom stereocenters. The molecule has 0 spiro atoms. The molecule has 0 aliphatic carbocycles. The highest BCUT2D eigenvalue weighted by Crippen LogP contribution is 2.37. The van der Waals surface area contributed by atoms with Crippen LogP contribution in [0, 0.1) is 11.8 Å². The molecule has 0 saturated heterocycles. The van der Waals surface area contributed by atoms with E-state index in [4.69, 9.17) is 4.43 Å². The summed E-state index contributed by atoms with van der Waals surface area (Å²) in [6.45, 7) is 18.0. The first-order valence-electron chi connectivity index (χ1n) is 9.30. The number of rotatable bonds is 2. The molecule has 0 N–H and O–H groups in total. The summed E-state index contributed by atoms with van der Waals surface area (Å²) >= 11 is 0. The van der Waals surface area contributed by atoms with Gasteiger partial charge in [-0.05, 0) is 65.5 Å². The average molecular weight is 365 g/mol. The predicted molar refractivity (Wildman–Crippen MR) is 115 cm³/mol. The van der Waals surface area contributed by atoms with Gasteiger partial charge in [-0.1, -0.05) is 65.5 Å². The van der Waals surface area contributed by atoms with Crippen LogP contribution in [-0.2, 0) is 5.41 Å². The van der Waals surface area contributed by atoms with Crippen molar-refractivity contribution < 1.29 is 4.43 Å². The molecule has 2 rings (SSSR count). The first-order valence-corrected chi connectivity index (χ1v) is 12.2. The molecular weight excluding hydrogens is 332 g/mol. The van der Waals surface area contributed by atoms with Crippen LogP contribution >= 0.6 is 0 Å². The lowest BCUT2D eigenvalue weighted by Gasteiger charge is -2.36. The molecule has 0 atom stereocenters. The molecule has 1 nitrogen and oxygen atoms in total. The zero-order chi connectivity index (χ0) is 19.6. The van der Waals surface area contributed by atoms with Crippen LogP contribution in [0.3, 0.4) is 0 Å². The van der Waals surface area contributed by atoms with E-state index in [1.54, 1.807) is 0 Å². The van der Waals surface area contributed by atoms with Crippen LogP contribution in [0.25, 0.3) is 0 Å². The Kier molecular flexibility index (Phi) is 5.73. The van der Waals surface area contributed by atoms with Gasteiger partial charge in [0, 0.05) is 11.1 Å². The summed E-state index contributed by atoms with van der Waals surface area (Å²) in [5.41, 5.74) is 3.55. The van der Waals surface area contributed by atoms with Crippen molar-refractivity contribution in [1.82, 2.24) is 0 Å². The normalized spacial score (nSPS) is 12.3. The Morgan fingerprint density at radius 1 is 0.692 bits per heavy atom. The molecule has 2 aromatic carbocycles. The fourth-order valence-electron chi connectivity index (χ4n) is 2.25. The summed E-state index contributed by atoms with van der Waals surface area (Å²) in [5.74, 6) is 7.44. The Hall–Kier alpha value is -1.98. The van der Waals surface area contributed by atoms with Gasteiger partial charge in [0.15, 0.2) is 0 Å². The molecule has 0 aliphatic heterocycles.